The van der Waals surface area contributed by atoms with Gasteiger partial charge in [0, 0.05) is 39.3 Å². The molecule has 5 aliphatic rings. The number of nitrogens with zero attached hydrogens (tertiary/aromatic N) is 2. The van der Waals surface area contributed by atoms with Gasteiger partial charge in [0.15, 0.2) is 0 Å². The summed E-state index contributed by atoms with van der Waals surface area (Å²) in [5.41, 5.74) is 3.28. The second kappa shape index (κ2) is 11.7. The van der Waals surface area contributed by atoms with Gasteiger partial charge in [0.05, 0.1) is 19.3 Å². The lowest BCUT2D eigenvalue weighted by molar-refractivity contribution is -0.0571. The van der Waals surface area contributed by atoms with Crippen molar-refractivity contribution in [2.45, 2.75) is 96.1 Å². The number of hydrogen-bond donors (Lipinski definition) is 0. The fourth-order valence-electron chi connectivity index (χ4n) is 9.44. The Morgan fingerprint density at radius 2 is 1.87 bits per heavy atom. The summed E-state index contributed by atoms with van der Waals surface area (Å²) in [6.07, 6.45) is 12.3. The Balaban J connectivity index is 1.14. The number of likely N-dealkylation sites (tertiary alicyclic amines) is 1. The second-order valence-electron chi connectivity index (χ2n) is 13.3. The van der Waals surface area contributed by atoms with E-state index in [9.17, 15) is 4.79 Å². The molecule has 0 N–H and O–H groups in total. The molecular formula is C33H50N2O4. The molecular weight excluding hydrogens is 488 g/mol. The molecule has 2 aliphatic heterocycles. The number of benzene rings is 1. The van der Waals surface area contributed by atoms with Crippen LogP contribution in [0.4, 0.5) is 4.79 Å². The summed E-state index contributed by atoms with van der Waals surface area (Å²) in [7, 11) is 1.92. The fourth-order valence-corrected chi connectivity index (χ4v) is 9.44. The van der Waals surface area contributed by atoms with Crippen LogP contribution >= 0.6 is 0 Å². The van der Waals surface area contributed by atoms with Gasteiger partial charge in [-0.2, -0.15) is 0 Å². The standard InChI is InChI=1S/C33H50N2O4/c1-4-5-6-23-21-24-22-26(39-32(36)35-15-12-25(13-16-35)34-17-19-38-20-18-34)7-8-27(24)28-11-14-33(2)29(31(23)28)9-10-30(33)37-3/h7-8,22-23,25,28-31H,4-6,9-21H2,1-3H3/t23-,28-,29+,30+,31-,33+/m1/s1. The van der Waals surface area contributed by atoms with E-state index in [0.717, 1.165) is 76.2 Å². The van der Waals surface area contributed by atoms with Gasteiger partial charge in [0.25, 0.3) is 0 Å². The highest BCUT2D eigenvalue weighted by Gasteiger charge is 2.57. The summed E-state index contributed by atoms with van der Waals surface area (Å²) in [4.78, 5) is 17.6. The van der Waals surface area contributed by atoms with Crippen LogP contribution in [-0.2, 0) is 15.9 Å². The summed E-state index contributed by atoms with van der Waals surface area (Å²) in [6.45, 7) is 10.1. The third-order valence-corrected chi connectivity index (χ3v) is 11.5. The molecule has 0 radical (unpaired) electrons. The molecule has 2 heterocycles. The maximum atomic E-state index is 13.1. The Hall–Kier alpha value is -1.63. The number of carbonyl (C=O) groups is 1. The molecule has 6 heteroatoms. The van der Waals surface area contributed by atoms with E-state index < -0.39 is 0 Å². The first-order valence-electron chi connectivity index (χ1n) is 16.0. The molecule has 39 heavy (non-hydrogen) atoms. The van der Waals surface area contributed by atoms with Crippen LogP contribution < -0.4 is 4.74 Å². The fraction of sp³-hybridized carbons (Fsp3) is 0.788. The highest BCUT2D eigenvalue weighted by atomic mass is 16.6. The van der Waals surface area contributed by atoms with Crippen molar-refractivity contribution in [1.29, 1.82) is 0 Å². The number of fused-ring (bicyclic) bond motifs is 5. The van der Waals surface area contributed by atoms with E-state index in [1.807, 2.05) is 12.0 Å². The minimum Gasteiger partial charge on any atom is -0.410 e. The predicted octanol–water partition coefficient (Wildman–Crippen LogP) is 6.27. The van der Waals surface area contributed by atoms with Crippen molar-refractivity contribution in [3.05, 3.63) is 29.3 Å². The van der Waals surface area contributed by atoms with E-state index in [-0.39, 0.29) is 6.09 Å². The zero-order chi connectivity index (χ0) is 27.0. The van der Waals surface area contributed by atoms with Crippen molar-refractivity contribution >= 4 is 6.09 Å². The normalized spacial score (nSPS) is 35.3. The third kappa shape index (κ3) is 5.26. The van der Waals surface area contributed by atoms with E-state index in [1.165, 1.54) is 56.1 Å². The monoisotopic (exact) mass is 538 g/mol. The molecule has 216 valence electrons. The summed E-state index contributed by atoms with van der Waals surface area (Å²) in [5, 5.41) is 0. The highest BCUT2D eigenvalue weighted by Crippen LogP contribution is 2.63. The molecule has 0 unspecified atom stereocenters. The van der Waals surface area contributed by atoms with Gasteiger partial charge in [-0.3, -0.25) is 4.90 Å². The molecule has 0 spiro atoms. The molecule has 1 amide bonds. The maximum Gasteiger partial charge on any atom is 0.415 e. The molecule has 3 aliphatic carbocycles. The van der Waals surface area contributed by atoms with Gasteiger partial charge in [-0.15, -0.1) is 0 Å². The van der Waals surface area contributed by atoms with E-state index in [2.05, 4.69) is 36.9 Å². The minimum atomic E-state index is -0.184. The van der Waals surface area contributed by atoms with Crippen LogP contribution in [0.2, 0.25) is 0 Å². The predicted molar refractivity (Wildman–Crippen MR) is 153 cm³/mol. The summed E-state index contributed by atoms with van der Waals surface area (Å²) in [6, 6.07) is 7.15. The number of rotatable bonds is 6. The Labute approximate surface area is 235 Å². The number of carbonyl (C=O) groups excluding carboxylic acids is 1. The number of hydrogen-bond acceptors (Lipinski definition) is 5. The molecule has 2 saturated heterocycles. The molecule has 2 saturated carbocycles. The van der Waals surface area contributed by atoms with Crippen molar-refractivity contribution in [2.75, 3.05) is 46.5 Å². The van der Waals surface area contributed by atoms with Crippen molar-refractivity contribution in [2.24, 2.45) is 23.2 Å². The lowest BCUT2D eigenvalue weighted by Gasteiger charge is -2.53. The molecule has 6 nitrogen and oxygen atoms in total. The number of ether oxygens (including phenoxy) is 3. The molecule has 1 aromatic rings. The maximum absolute atomic E-state index is 13.1. The summed E-state index contributed by atoms with van der Waals surface area (Å²) in [5.74, 6) is 3.59. The van der Waals surface area contributed by atoms with Gasteiger partial charge < -0.3 is 19.1 Å². The zero-order valence-electron chi connectivity index (χ0n) is 24.5. The Morgan fingerprint density at radius 3 is 2.62 bits per heavy atom. The molecule has 0 aromatic heterocycles. The number of amides is 1. The van der Waals surface area contributed by atoms with Crippen molar-refractivity contribution in [3.8, 4) is 5.75 Å². The van der Waals surface area contributed by atoms with Gasteiger partial charge in [-0.05, 0) is 104 Å². The first-order chi connectivity index (χ1) is 19.0. The first-order valence-corrected chi connectivity index (χ1v) is 16.0. The van der Waals surface area contributed by atoms with Crippen LogP contribution in [0.15, 0.2) is 18.2 Å². The molecule has 0 bridgehead atoms. The number of methoxy groups -OCH3 is 1. The van der Waals surface area contributed by atoms with Crippen molar-refractivity contribution in [1.82, 2.24) is 9.80 Å². The lowest BCUT2D eigenvalue weighted by Crippen LogP contribution is -2.50. The SMILES string of the molecule is CCCC[C@@H]1Cc2cc(OC(=O)N3CCC(N4CCOCC4)CC3)ccc2[C@H]2CC[C@]3(C)[C@@H](OC)CC[C@H]3[C@H]12. The van der Waals surface area contributed by atoms with Crippen LogP contribution in [0.25, 0.3) is 0 Å². The summed E-state index contributed by atoms with van der Waals surface area (Å²) >= 11 is 0. The number of unbranched alkanes of at least 4 members (excludes halogenated alkanes) is 1. The first kappa shape index (κ1) is 27.5. The van der Waals surface area contributed by atoms with Gasteiger partial charge in [-0.1, -0.05) is 32.8 Å². The molecule has 6 rings (SSSR count). The number of morpholine rings is 1. The lowest BCUT2D eigenvalue weighted by atomic mass is 9.52. The van der Waals surface area contributed by atoms with Gasteiger partial charge >= 0.3 is 6.09 Å². The van der Waals surface area contributed by atoms with Crippen LogP contribution in [-0.4, -0.2) is 74.5 Å². The Bertz CT molecular complexity index is 1000. The van der Waals surface area contributed by atoms with E-state index >= 15 is 0 Å². The molecule has 1 aromatic carbocycles. The van der Waals surface area contributed by atoms with Crippen molar-refractivity contribution in [3.63, 3.8) is 0 Å². The third-order valence-electron chi connectivity index (χ3n) is 11.5. The van der Waals surface area contributed by atoms with E-state index in [1.54, 1.807) is 0 Å². The number of piperidine rings is 1. The van der Waals surface area contributed by atoms with Crippen molar-refractivity contribution < 1.29 is 19.0 Å². The van der Waals surface area contributed by atoms with Crippen LogP contribution in [0.5, 0.6) is 5.75 Å². The molecule has 6 atom stereocenters. The smallest absolute Gasteiger partial charge is 0.410 e. The average Bonchev–Trinajstić information content (AvgIpc) is 3.32. The second-order valence-corrected chi connectivity index (χ2v) is 13.3. The quantitative estimate of drug-likeness (QED) is 0.427. The van der Waals surface area contributed by atoms with E-state index in [0.29, 0.717) is 29.4 Å². The topological polar surface area (TPSA) is 51.2 Å². The highest BCUT2D eigenvalue weighted by molar-refractivity contribution is 5.71. The molecule has 4 fully saturated rings. The van der Waals surface area contributed by atoms with Crippen LogP contribution in [0, 0.1) is 23.2 Å². The Kier molecular flexibility index (Phi) is 8.26. The average molecular weight is 539 g/mol. The van der Waals surface area contributed by atoms with E-state index in [4.69, 9.17) is 14.2 Å². The van der Waals surface area contributed by atoms with Crippen LogP contribution in [0.1, 0.15) is 88.7 Å². The zero-order valence-corrected chi connectivity index (χ0v) is 24.5. The Morgan fingerprint density at radius 1 is 1.08 bits per heavy atom. The van der Waals surface area contributed by atoms with Gasteiger partial charge in [0.2, 0.25) is 0 Å². The summed E-state index contributed by atoms with van der Waals surface area (Å²) < 4.78 is 17.5. The largest absolute Gasteiger partial charge is 0.415 e. The van der Waals surface area contributed by atoms with Crippen LogP contribution in [0.3, 0.4) is 0 Å². The van der Waals surface area contributed by atoms with Gasteiger partial charge in [-0.25, -0.2) is 4.79 Å². The minimum absolute atomic E-state index is 0.184. The van der Waals surface area contributed by atoms with Gasteiger partial charge in [0.1, 0.15) is 5.75 Å².